The van der Waals surface area contributed by atoms with E-state index in [-0.39, 0.29) is 17.4 Å². The summed E-state index contributed by atoms with van der Waals surface area (Å²) in [4.78, 5) is 3.34. The van der Waals surface area contributed by atoms with E-state index in [2.05, 4.69) is 4.98 Å². The zero-order valence-corrected chi connectivity index (χ0v) is 4.92. The Morgan fingerprint density at radius 3 is 3.20 bits per heavy atom. The molecule has 0 spiro atoms. The average molecular weight is 137 g/mol. The molecule has 0 atom stereocenters. The maximum atomic E-state index is 9.05. The third-order valence-electron chi connectivity index (χ3n) is 0.884. The molecule has 0 saturated carbocycles. The first-order valence-corrected chi connectivity index (χ1v) is 2.43. The number of hydrogen-bond acceptors (Lipinski definition) is 4. The van der Waals surface area contributed by atoms with Gasteiger partial charge in [-0.15, -0.1) is 0 Å². The van der Waals surface area contributed by atoms with Crippen LogP contribution in [0.3, 0.4) is 0 Å². The van der Waals surface area contributed by atoms with E-state index < -0.39 is 11.9 Å². The van der Waals surface area contributed by atoms with Crippen molar-refractivity contribution in [2.45, 2.75) is 0 Å². The number of nitrogens with two attached hydrogens (primary N) is 1. The average Bonchev–Trinajstić information content (AvgIpc) is 2.02. The van der Waals surface area contributed by atoms with E-state index in [9.17, 15) is 0 Å². The van der Waals surface area contributed by atoms with Crippen molar-refractivity contribution in [3.63, 3.8) is 0 Å². The van der Waals surface area contributed by atoms with Gasteiger partial charge in [-0.2, -0.15) is 5.26 Å². The Bertz CT molecular complexity index is 346. The summed E-state index contributed by atoms with van der Waals surface area (Å²) in [5.74, 6) is -0.828. The van der Waals surface area contributed by atoms with Crippen molar-refractivity contribution in [3.05, 3.63) is 17.8 Å². The molecule has 0 amide bonds. The Kier molecular flexibility index (Phi) is 0.919. The fourth-order valence-corrected chi connectivity index (χ4v) is 0.465. The molecule has 0 unspecified atom stereocenters. The van der Waals surface area contributed by atoms with Crippen molar-refractivity contribution in [2.75, 3.05) is 5.73 Å². The van der Waals surface area contributed by atoms with Gasteiger partial charge in [0, 0.05) is 6.04 Å². The van der Waals surface area contributed by atoms with Gasteiger partial charge < -0.3 is 10.8 Å². The van der Waals surface area contributed by atoms with E-state index in [0.29, 0.717) is 0 Å². The van der Waals surface area contributed by atoms with Gasteiger partial charge in [-0.25, -0.2) is 4.98 Å². The van der Waals surface area contributed by atoms with E-state index in [1.165, 1.54) is 0 Å². The molecule has 3 N–H and O–H groups in total. The highest BCUT2D eigenvalue weighted by Crippen LogP contribution is 2.14. The molecule has 0 aliphatic heterocycles. The number of aromatic nitrogens is 1. The first-order valence-electron chi connectivity index (χ1n) is 3.43. The van der Waals surface area contributed by atoms with Gasteiger partial charge >= 0.3 is 0 Å². The van der Waals surface area contributed by atoms with Crippen LogP contribution in [0.5, 0.6) is 5.75 Å². The van der Waals surface area contributed by atoms with Gasteiger partial charge in [-0.05, 0) is 0 Å². The molecule has 10 heavy (non-hydrogen) atoms. The lowest BCUT2D eigenvalue weighted by Crippen LogP contribution is -1.89. The maximum absolute atomic E-state index is 9.05. The maximum Gasteiger partial charge on any atom is 0.151 e. The van der Waals surface area contributed by atoms with Gasteiger partial charge in [0.05, 0.1) is 14.5 Å². The second kappa shape index (κ2) is 2.23. The highest BCUT2D eigenvalue weighted by atomic mass is 16.3. The highest BCUT2D eigenvalue weighted by Gasteiger charge is 1.98. The number of nitrogen functional groups attached to an aromatic ring is 1. The smallest absolute Gasteiger partial charge is 0.151 e. The zero-order valence-electron chi connectivity index (χ0n) is 6.92. The Morgan fingerprint density at radius 2 is 2.60 bits per heavy atom. The molecular formula is C6H5N3O. The van der Waals surface area contributed by atoms with Crippen LogP contribution in [0.4, 0.5) is 5.82 Å². The van der Waals surface area contributed by atoms with Crippen molar-refractivity contribution in [3.8, 4) is 11.8 Å². The minimum absolute atomic E-state index is 0.227. The zero-order chi connectivity index (χ0) is 9.30. The van der Waals surface area contributed by atoms with Crippen LogP contribution < -0.4 is 5.73 Å². The largest absolute Gasteiger partial charge is 0.505 e. The quantitative estimate of drug-likeness (QED) is 0.536. The van der Waals surface area contributed by atoms with Gasteiger partial charge in [0.25, 0.3) is 0 Å². The van der Waals surface area contributed by atoms with Crippen molar-refractivity contribution in [1.82, 2.24) is 4.98 Å². The van der Waals surface area contributed by atoms with Gasteiger partial charge in [0.15, 0.2) is 5.75 Å². The number of hydrogen-bond donors (Lipinski definition) is 2. The van der Waals surface area contributed by atoms with Crippen LogP contribution in [0.15, 0.2) is 12.2 Å². The molecule has 1 heterocycles. The molecule has 1 aromatic heterocycles. The van der Waals surface area contributed by atoms with Crippen LogP contribution in [0.25, 0.3) is 0 Å². The molecule has 4 heteroatoms. The Labute approximate surface area is 60.4 Å². The molecule has 0 radical (unpaired) electrons. The summed E-state index contributed by atoms with van der Waals surface area (Å²) in [7, 11) is 0. The normalized spacial score (nSPS) is 11.5. The van der Waals surface area contributed by atoms with E-state index in [0.717, 1.165) is 0 Å². The number of nitrogens with zero attached hydrogens (tertiary/aromatic N) is 2. The minimum atomic E-state index is -0.600. The van der Waals surface area contributed by atoms with E-state index in [1.54, 1.807) is 6.07 Å². The summed E-state index contributed by atoms with van der Waals surface area (Å²) >= 11 is 0. The summed E-state index contributed by atoms with van der Waals surface area (Å²) in [6, 6.07) is 1.23. The lowest BCUT2D eigenvalue weighted by molar-refractivity contribution is 0.471. The van der Waals surface area contributed by atoms with Gasteiger partial charge in [-0.3, -0.25) is 0 Å². The second-order valence-corrected chi connectivity index (χ2v) is 1.57. The summed E-state index contributed by atoms with van der Waals surface area (Å²) in [6.07, 6.45) is -0.486. The molecule has 0 aliphatic carbocycles. The van der Waals surface area contributed by atoms with Crippen molar-refractivity contribution in [2.24, 2.45) is 0 Å². The molecule has 1 rings (SSSR count). The summed E-state index contributed by atoms with van der Waals surface area (Å²) in [5, 5.41) is 17.5. The molecule has 50 valence electrons. The van der Waals surface area contributed by atoms with Crippen LogP contribution >= 0.6 is 0 Å². The van der Waals surface area contributed by atoms with Crippen LogP contribution in [-0.4, -0.2) is 10.1 Å². The van der Waals surface area contributed by atoms with E-state index >= 15 is 0 Å². The molecular weight excluding hydrogens is 130 g/mol. The summed E-state index contributed by atoms with van der Waals surface area (Å²) in [5.41, 5.74) is 4.87. The van der Waals surface area contributed by atoms with E-state index in [1.807, 2.05) is 0 Å². The fraction of sp³-hybridized carbons (Fsp3) is 0. The van der Waals surface area contributed by atoms with Crippen LogP contribution in [-0.2, 0) is 0 Å². The second-order valence-electron chi connectivity index (χ2n) is 1.57. The number of anilines is 1. The van der Waals surface area contributed by atoms with Gasteiger partial charge in [0.1, 0.15) is 11.9 Å². The SMILES string of the molecule is [2H]c1nc(N)c([2H])c(C#N)c1O. The van der Waals surface area contributed by atoms with Crippen molar-refractivity contribution >= 4 is 5.82 Å². The number of rotatable bonds is 0. The van der Waals surface area contributed by atoms with E-state index in [4.69, 9.17) is 18.8 Å². The predicted octanol–water partition coefficient (Wildman–Crippen LogP) is 0.241. The molecule has 0 fully saturated rings. The monoisotopic (exact) mass is 137 g/mol. The molecule has 0 aliphatic rings. The van der Waals surface area contributed by atoms with Crippen molar-refractivity contribution in [1.29, 1.82) is 5.26 Å². The minimum Gasteiger partial charge on any atom is -0.505 e. The van der Waals surface area contributed by atoms with Crippen LogP contribution in [0.1, 0.15) is 8.30 Å². The number of aromatic hydroxyl groups is 1. The first kappa shape index (κ1) is 4.12. The number of nitriles is 1. The number of pyridine rings is 1. The highest BCUT2D eigenvalue weighted by molar-refractivity contribution is 5.46. The Morgan fingerprint density at radius 1 is 1.90 bits per heavy atom. The topological polar surface area (TPSA) is 82.9 Å². The molecule has 0 aromatic carbocycles. The van der Waals surface area contributed by atoms with Gasteiger partial charge in [-0.1, -0.05) is 0 Å². The summed E-state index contributed by atoms with van der Waals surface area (Å²) < 4.78 is 14.2. The third kappa shape index (κ3) is 0.977. The lowest BCUT2D eigenvalue weighted by Gasteiger charge is -1.94. The third-order valence-corrected chi connectivity index (χ3v) is 0.884. The standard InChI is InChI=1S/C6H5N3O/c7-2-4-1-6(8)9-3-5(4)10/h1,3,10H,(H2,8,9)/i1D,3D. The lowest BCUT2D eigenvalue weighted by atomic mass is 10.3. The predicted molar refractivity (Wildman–Crippen MR) is 35.0 cm³/mol. The molecule has 1 aromatic rings. The Balaban J connectivity index is 3.56. The molecule has 0 saturated heterocycles. The Hall–Kier alpha value is -1.76. The van der Waals surface area contributed by atoms with Crippen LogP contribution in [0.2, 0.25) is 0 Å². The van der Waals surface area contributed by atoms with Crippen LogP contribution in [0, 0.1) is 11.3 Å². The summed E-state index contributed by atoms with van der Waals surface area (Å²) in [6.45, 7) is 0. The molecule has 4 nitrogen and oxygen atoms in total. The molecule has 0 bridgehead atoms. The fourth-order valence-electron chi connectivity index (χ4n) is 0.465. The van der Waals surface area contributed by atoms with Crippen molar-refractivity contribution < 1.29 is 7.85 Å². The first-order chi connectivity index (χ1) is 5.57. The van der Waals surface area contributed by atoms with Gasteiger partial charge in [0.2, 0.25) is 0 Å².